The third-order valence-electron chi connectivity index (χ3n) is 4.01. The first-order valence-electron chi connectivity index (χ1n) is 7.80. The fourth-order valence-electron chi connectivity index (χ4n) is 2.61. The average Bonchev–Trinajstić information content (AvgIpc) is 3.01. The number of aromatic nitrogens is 2. The lowest BCUT2D eigenvalue weighted by molar-refractivity contribution is 0.0535. The summed E-state index contributed by atoms with van der Waals surface area (Å²) in [4.78, 5) is 31.3. The van der Waals surface area contributed by atoms with Gasteiger partial charge in [0.05, 0.1) is 22.7 Å². The van der Waals surface area contributed by atoms with E-state index in [4.69, 9.17) is 9.47 Å². The second-order valence-electron chi connectivity index (χ2n) is 5.67. The Morgan fingerprint density at radius 2 is 2.15 bits per heavy atom. The zero-order chi connectivity index (χ0) is 18.7. The lowest BCUT2D eigenvalue weighted by atomic mass is 9.95. The molecular weight excluding hydrogens is 406 g/mol. The summed E-state index contributed by atoms with van der Waals surface area (Å²) in [5.74, 6) is 0.00374. The predicted octanol–water partition coefficient (Wildman–Crippen LogP) is 2.18. The zero-order valence-electron chi connectivity index (χ0n) is 13.9. The Kier molecular flexibility index (Phi) is 5.48. The highest BCUT2D eigenvalue weighted by atomic mass is 79.9. The highest BCUT2D eigenvalue weighted by Crippen LogP contribution is 2.28. The number of fused-ring (bicyclic) bond motifs is 1. The van der Waals surface area contributed by atoms with Gasteiger partial charge in [-0.1, -0.05) is 6.07 Å². The van der Waals surface area contributed by atoms with Crippen molar-refractivity contribution in [3.8, 4) is 0 Å². The van der Waals surface area contributed by atoms with E-state index in [0.717, 1.165) is 15.6 Å². The number of nitrogens with one attached hydrogen (secondary N) is 1. The van der Waals surface area contributed by atoms with Crippen molar-refractivity contribution < 1.29 is 24.2 Å². The average molecular weight is 422 g/mol. The highest BCUT2D eigenvalue weighted by molar-refractivity contribution is 9.10. The third-order valence-corrected chi connectivity index (χ3v) is 4.42. The molecule has 0 spiro atoms. The van der Waals surface area contributed by atoms with Crippen molar-refractivity contribution in [2.75, 3.05) is 6.54 Å². The summed E-state index contributed by atoms with van der Waals surface area (Å²) in [5.41, 5.74) is 2.68. The first-order valence-corrected chi connectivity index (χ1v) is 8.59. The molecule has 0 bridgehead atoms. The Bertz CT molecular complexity index is 841. The molecule has 1 amide bonds. The van der Waals surface area contributed by atoms with Gasteiger partial charge in [-0.2, -0.15) is 0 Å². The van der Waals surface area contributed by atoms with Crippen molar-refractivity contribution in [2.45, 2.75) is 26.2 Å². The van der Waals surface area contributed by atoms with E-state index in [1.807, 2.05) is 6.92 Å². The molecule has 1 aromatic carbocycles. The number of aliphatic hydroxyl groups is 1. The molecule has 1 aliphatic heterocycles. The third kappa shape index (κ3) is 4.00. The number of cyclic esters (lactones) is 1. The second kappa shape index (κ2) is 7.79. The number of rotatable bonds is 5. The predicted molar refractivity (Wildman–Crippen MR) is 93.2 cm³/mol. The van der Waals surface area contributed by atoms with Gasteiger partial charge in [-0.05, 0) is 40.0 Å². The Labute approximate surface area is 157 Å². The number of hydrogen-bond acceptors (Lipinski definition) is 7. The molecule has 1 aliphatic rings. The van der Waals surface area contributed by atoms with Crippen LogP contribution in [0.15, 0.2) is 29.0 Å². The van der Waals surface area contributed by atoms with Crippen molar-refractivity contribution in [1.82, 2.24) is 15.3 Å². The Hall–Kier alpha value is -2.52. The standard InChI is InChI=1S/C17H16BrN3O5/c1-9-11(2-3-12-13(9)7-25-16(12)23)14(22)6-21-17(24)26-8-15-19-4-10(18)5-20-15/h2-5,14,22H,6-8H2,1H3,(H,21,24). The number of aliphatic hydroxyl groups excluding tert-OH is 1. The van der Waals surface area contributed by atoms with Crippen LogP contribution < -0.4 is 5.32 Å². The van der Waals surface area contributed by atoms with Crippen molar-refractivity contribution in [3.05, 3.63) is 57.1 Å². The lowest BCUT2D eigenvalue weighted by Gasteiger charge is -2.16. The first kappa shape index (κ1) is 18.3. The summed E-state index contributed by atoms with van der Waals surface area (Å²) in [5, 5.41) is 12.8. The Morgan fingerprint density at radius 1 is 1.42 bits per heavy atom. The normalized spacial score (nSPS) is 13.7. The summed E-state index contributed by atoms with van der Waals surface area (Å²) in [6.45, 7) is 1.90. The smallest absolute Gasteiger partial charge is 0.407 e. The van der Waals surface area contributed by atoms with Gasteiger partial charge in [-0.25, -0.2) is 19.6 Å². The number of carbonyl (C=O) groups excluding carboxylic acids is 2. The van der Waals surface area contributed by atoms with Crippen LogP contribution in [-0.2, 0) is 22.7 Å². The molecule has 136 valence electrons. The van der Waals surface area contributed by atoms with Gasteiger partial charge < -0.3 is 19.9 Å². The van der Waals surface area contributed by atoms with Gasteiger partial charge in [0.25, 0.3) is 0 Å². The van der Waals surface area contributed by atoms with E-state index in [0.29, 0.717) is 17.0 Å². The molecule has 0 fully saturated rings. The number of benzene rings is 1. The van der Waals surface area contributed by atoms with E-state index in [1.54, 1.807) is 24.5 Å². The number of nitrogens with zero attached hydrogens (tertiary/aromatic N) is 2. The molecule has 26 heavy (non-hydrogen) atoms. The molecule has 1 atom stereocenters. The van der Waals surface area contributed by atoms with Crippen molar-refractivity contribution in [3.63, 3.8) is 0 Å². The van der Waals surface area contributed by atoms with E-state index >= 15 is 0 Å². The van der Waals surface area contributed by atoms with Gasteiger partial charge >= 0.3 is 12.1 Å². The van der Waals surface area contributed by atoms with E-state index in [-0.39, 0.29) is 25.7 Å². The summed E-state index contributed by atoms with van der Waals surface area (Å²) in [6, 6.07) is 3.29. The maximum atomic E-state index is 11.8. The number of amides is 1. The number of esters is 1. The minimum atomic E-state index is -0.938. The van der Waals surface area contributed by atoms with E-state index in [1.165, 1.54) is 0 Å². The summed E-state index contributed by atoms with van der Waals surface area (Å²) in [6.07, 6.45) is 1.48. The lowest BCUT2D eigenvalue weighted by Crippen LogP contribution is -2.29. The molecule has 1 aromatic heterocycles. The molecule has 2 N–H and O–H groups in total. The van der Waals surface area contributed by atoms with Gasteiger partial charge in [0.2, 0.25) is 0 Å². The zero-order valence-corrected chi connectivity index (χ0v) is 15.4. The largest absolute Gasteiger partial charge is 0.457 e. The SMILES string of the molecule is Cc1c(C(O)CNC(=O)OCc2ncc(Br)cn2)ccc2c1COC2=O. The summed E-state index contributed by atoms with van der Waals surface area (Å²) in [7, 11) is 0. The molecule has 0 aliphatic carbocycles. The number of ether oxygens (including phenoxy) is 2. The first-order chi connectivity index (χ1) is 12.5. The maximum Gasteiger partial charge on any atom is 0.407 e. The van der Waals surface area contributed by atoms with E-state index in [2.05, 4.69) is 31.2 Å². The van der Waals surface area contributed by atoms with Crippen LogP contribution in [-0.4, -0.2) is 33.7 Å². The molecule has 2 heterocycles. The molecule has 8 nitrogen and oxygen atoms in total. The maximum absolute atomic E-state index is 11.8. The quantitative estimate of drug-likeness (QED) is 0.711. The molecular formula is C17H16BrN3O5. The van der Waals surface area contributed by atoms with Crippen LogP contribution in [0.25, 0.3) is 0 Å². The molecule has 0 saturated carbocycles. The minimum Gasteiger partial charge on any atom is -0.457 e. The highest BCUT2D eigenvalue weighted by Gasteiger charge is 2.25. The van der Waals surface area contributed by atoms with Crippen LogP contribution in [0, 0.1) is 6.92 Å². The van der Waals surface area contributed by atoms with Crippen molar-refractivity contribution in [2.24, 2.45) is 0 Å². The fraction of sp³-hybridized carbons (Fsp3) is 0.294. The summed E-state index contributed by atoms with van der Waals surface area (Å²) >= 11 is 3.22. The van der Waals surface area contributed by atoms with Crippen LogP contribution in [0.4, 0.5) is 4.79 Å². The second-order valence-corrected chi connectivity index (χ2v) is 6.59. The van der Waals surface area contributed by atoms with E-state index < -0.39 is 12.2 Å². The van der Waals surface area contributed by atoms with Crippen LogP contribution in [0.5, 0.6) is 0 Å². The van der Waals surface area contributed by atoms with Crippen molar-refractivity contribution in [1.29, 1.82) is 0 Å². The molecule has 2 aromatic rings. The van der Waals surface area contributed by atoms with Gasteiger partial charge in [-0.3, -0.25) is 0 Å². The number of carbonyl (C=O) groups is 2. The Balaban J connectivity index is 1.54. The van der Waals surface area contributed by atoms with Crippen LogP contribution in [0.1, 0.15) is 39.0 Å². The number of halogens is 1. The van der Waals surface area contributed by atoms with Gasteiger partial charge in [0.1, 0.15) is 6.61 Å². The van der Waals surface area contributed by atoms with Gasteiger partial charge in [0, 0.05) is 18.0 Å². The van der Waals surface area contributed by atoms with Crippen LogP contribution in [0.3, 0.4) is 0 Å². The van der Waals surface area contributed by atoms with Crippen LogP contribution >= 0.6 is 15.9 Å². The topological polar surface area (TPSA) is 111 Å². The molecule has 3 rings (SSSR count). The molecule has 0 saturated heterocycles. The molecule has 1 unspecified atom stereocenters. The fourth-order valence-corrected chi connectivity index (χ4v) is 2.82. The molecule has 0 radical (unpaired) electrons. The van der Waals surface area contributed by atoms with E-state index in [9.17, 15) is 14.7 Å². The molecule has 9 heteroatoms. The van der Waals surface area contributed by atoms with Crippen LogP contribution in [0.2, 0.25) is 0 Å². The van der Waals surface area contributed by atoms with Crippen molar-refractivity contribution >= 4 is 28.0 Å². The minimum absolute atomic E-state index is 0.0333. The number of alkyl carbamates (subject to hydrolysis) is 1. The van der Waals surface area contributed by atoms with Gasteiger partial charge in [0.15, 0.2) is 12.4 Å². The Morgan fingerprint density at radius 3 is 2.88 bits per heavy atom. The summed E-state index contributed by atoms with van der Waals surface area (Å²) < 4.78 is 10.7. The number of hydrogen-bond donors (Lipinski definition) is 2. The monoisotopic (exact) mass is 421 g/mol. The van der Waals surface area contributed by atoms with Gasteiger partial charge in [-0.15, -0.1) is 0 Å².